The molecule has 8 heteroatoms. The summed E-state index contributed by atoms with van der Waals surface area (Å²) in [5.41, 5.74) is -0.0598. The number of carbonyl (C=O) groups is 2. The molecule has 112 valence electrons. The third kappa shape index (κ3) is 1.92. The molecule has 5 nitrogen and oxygen atoms in total. The first-order valence-electron chi connectivity index (χ1n) is 6.31. The lowest BCUT2D eigenvalue weighted by molar-refractivity contribution is -0.130. The summed E-state index contributed by atoms with van der Waals surface area (Å²) in [5.74, 6) is -1.13. The van der Waals surface area contributed by atoms with Gasteiger partial charge < -0.3 is 10.4 Å². The summed E-state index contributed by atoms with van der Waals surface area (Å²) in [6.07, 6.45) is 0.530. The van der Waals surface area contributed by atoms with Crippen molar-refractivity contribution in [1.82, 2.24) is 5.32 Å². The SMILES string of the molecule is O=C(CO)N1C(=O)[C@]2(CCNC2)c2cc(Cl)c(Cl)c(Cl)c21. The van der Waals surface area contributed by atoms with E-state index in [4.69, 9.17) is 39.9 Å². The van der Waals surface area contributed by atoms with E-state index in [1.54, 1.807) is 6.07 Å². The van der Waals surface area contributed by atoms with Crippen LogP contribution in [0.1, 0.15) is 12.0 Å². The van der Waals surface area contributed by atoms with Crippen molar-refractivity contribution in [2.75, 3.05) is 24.6 Å². The fourth-order valence-electron chi connectivity index (χ4n) is 3.01. The summed E-state index contributed by atoms with van der Waals surface area (Å²) < 4.78 is 0. The van der Waals surface area contributed by atoms with Crippen LogP contribution in [0.5, 0.6) is 0 Å². The molecule has 2 aliphatic rings. The lowest BCUT2D eigenvalue weighted by Crippen LogP contribution is -2.45. The van der Waals surface area contributed by atoms with Crippen molar-refractivity contribution in [3.05, 3.63) is 26.7 Å². The van der Waals surface area contributed by atoms with Gasteiger partial charge in [-0.2, -0.15) is 0 Å². The number of aliphatic hydroxyl groups is 1. The molecule has 1 aromatic carbocycles. The van der Waals surface area contributed by atoms with E-state index in [9.17, 15) is 9.59 Å². The highest BCUT2D eigenvalue weighted by molar-refractivity contribution is 6.50. The van der Waals surface area contributed by atoms with E-state index >= 15 is 0 Å². The molecule has 0 radical (unpaired) electrons. The van der Waals surface area contributed by atoms with E-state index in [0.29, 0.717) is 25.1 Å². The molecule has 1 fully saturated rings. The van der Waals surface area contributed by atoms with Gasteiger partial charge in [0, 0.05) is 6.54 Å². The molecule has 2 N–H and O–H groups in total. The molecule has 1 aromatic rings. The zero-order valence-electron chi connectivity index (χ0n) is 10.8. The number of rotatable bonds is 1. The summed E-state index contributed by atoms with van der Waals surface area (Å²) in [6.45, 7) is 0.248. The number of amides is 2. The van der Waals surface area contributed by atoms with Crippen molar-refractivity contribution in [1.29, 1.82) is 0 Å². The van der Waals surface area contributed by atoms with Crippen molar-refractivity contribution in [3.8, 4) is 0 Å². The van der Waals surface area contributed by atoms with Gasteiger partial charge in [-0.3, -0.25) is 9.59 Å². The standard InChI is InChI=1S/C13H11Cl3N2O3/c14-7-3-6-11(10(16)9(7)15)18(8(20)4-19)12(21)13(6)1-2-17-5-13/h3,17,19H,1-2,4-5H2/t13-/m0/s1. The van der Waals surface area contributed by atoms with Gasteiger partial charge in [0.05, 0.1) is 26.2 Å². The Morgan fingerprint density at radius 3 is 2.67 bits per heavy atom. The Balaban J connectivity index is 2.30. The second-order valence-electron chi connectivity index (χ2n) is 5.08. The molecule has 1 saturated heterocycles. The smallest absolute Gasteiger partial charge is 0.259 e. The summed E-state index contributed by atoms with van der Waals surface area (Å²) >= 11 is 18.3. The Bertz CT molecular complexity index is 657. The number of aliphatic hydroxyl groups excluding tert-OH is 1. The second-order valence-corrected chi connectivity index (χ2v) is 6.25. The Hall–Kier alpha value is -0.850. The number of anilines is 1. The topological polar surface area (TPSA) is 69.6 Å². The highest BCUT2D eigenvalue weighted by Gasteiger charge is 2.55. The number of imide groups is 1. The van der Waals surface area contributed by atoms with Crippen molar-refractivity contribution >= 4 is 52.3 Å². The molecule has 2 amide bonds. The van der Waals surface area contributed by atoms with E-state index in [2.05, 4.69) is 5.32 Å². The van der Waals surface area contributed by atoms with Gasteiger partial charge in [-0.25, -0.2) is 4.90 Å². The Labute approximate surface area is 135 Å². The minimum absolute atomic E-state index is 0.0538. The van der Waals surface area contributed by atoms with Gasteiger partial charge in [-0.15, -0.1) is 0 Å². The quantitative estimate of drug-likeness (QED) is 0.758. The molecule has 0 saturated carbocycles. The number of hydrogen-bond donors (Lipinski definition) is 2. The summed E-state index contributed by atoms with van der Waals surface area (Å²) in [6, 6.07) is 1.58. The molecule has 1 spiro atoms. The van der Waals surface area contributed by atoms with E-state index < -0.39 is 23.8 Å². The molecular formula is C13H11Cl3N2O3. The van der Waals surface area contributed by atoms with Crippen LogP contribution in [0.15, 0.2) is 6.07 Å². The molecular weight excluding hydrogens is 339 g/mol. The normalized spacial score (nSPS) is 24.0. The molecule has 0 unspecified atom stereocenters. The summed E-state index contributed by atoms with van der Waals surface area (Å²) in [7, 11) is 0. The first kappa shape index (κ1) is 15.1. The molecule has 0 aliphatic carbocycles. The van der Waals surface area contributed by atoms with Gasteiger partial charge in [-0.05, 0) is 24.6 Å². The summed E-state index contributed by atoms with van der Waals surface area (Å²) in [4.78, 5) is 25.7. The fraction of sp³-hybridized carbons (Fsp3) is 0.385. The van der Waals surface area contributed by atoms with Crippen molar-refractivity contribution < 1.29 is 14.7 Å². The third-order valence-corrected chi connectivity index (χ3v) is 5.28. The van der Waals surface area contributed by atoms with Crippen molar-refractivity contribution in [2.45, 2.75) is 11.8 Å². The molecule has 3 rings (SSSR count). The first-order chi connectivity index (χ1) is 9.94. The van der Waals surface area contributed by atoms with E-state index in [1.807, 2.05) is 0 Å². The maximum Gasteiger partial charge on any atom is 0.259 e. The van der Waals surface area contributed by atoms with Crippen LogP contribution in [0.4, 0.5) is 5.69 Å². The fourth-order valence-corrected chi connectivity index (χ4v) is 3.70. The molecule has 1 atom stereocenters. The van der Waals surface area contributed by atoms with Crippen LogP contribution in [0.2, 0.25) is 15.1 Å². The molecule has 2 heterocycles. The van der Waals surface area contributed by atoms with Gasteiger partial charge in [0.15, 0.2) is 0 Å². The Kier molecular flexibility index (Phi) is 3.66. The Morgan fingerprint density at radius 2 is 2.10 bits per heavy atom. The summed E-state index contributed by atoms with van der Waals surface area (Å²) in [5, 5.41) is 12.6. The molecule has 0 bridgehead atoms. The van der Waals surface area contributed by atoms with Crippen LogP contribution in [0, 0.1) is 0 Å². The van der Waals surface area contributed by atoms with Crippen molar-refractivity contribution in [2.24, 2.45) is 0 Å². The van der Waals surface area contributed by atoms with Crippen LogP contribution >= 0.6 is 34.8 Å². The molecule has 2 aliphatic heterocycles. The number of nitrogens with one attached hydrogen (secondary N) is 1. The maximum atomic E-state index is 12.8. The van der Waals surface area contributed by atoms with Gasteiger partial charge in [-0.1, -0.05) is 34.8 Å². The molecule has 21 heavy (non-hydrogen) atoms. The van der Waals surface area contributed by atoms with Crippen LogP contribution < -0.4 is 10.2 Å². The van der Waals surface area contributed by atoms with Gasteiger partial charge in [0.25, 0.3) is 5.91 Å². The third-order valence-electron chi connectivity index (χ3n) is 4.03. The maximum absolute atomic E-state index is 12.8. The Morgan fingerprint density at radius 1 is 1.38 bits per heavy atom. The van der Waals surface area contributed by atoms with Gasteiger partial charge >= 0.3 is 0 Å². The highest BCUT2D eigenvalue weighted by atomic mass is 35.5. The van der Waals surface area contributed by atoms with Crippen LogP contribution in [-0.4, -0.2) is 36.6 Å². The second kappa shape index (κ2) is 5.11. The lowest BCUT2D eigenvalue weighted by atomic mass is 9.81. The average Bonchev–Trinajstić information content (AvgIpc) is 3.04. The van der Waals surface area contributed by atoms with Gasteiger partial charge in [0.1, 0.15) is 6.61 Å². The largest absolute Gasteiger partial charge is 0.387 e. The number of halogens is 3. The molecule has 0 aromatic heterocycles. The first-order valence-corrected chi connectivity index (χ1v) is 7.44. The minimum atomic E-state index is -0.877. The zero-order valence-corrected chi connectivity index (χ0v) is 13.0. The number of benzene rings is 1. The van der Waals surface area contributed by atoms with Crippen LogP contribution in [-0.2, 0) is 15.0 Å². The van der Waals surface area contributed by atoms with E-state index in [-0.39, 0.29) is 20.8 Å². The van der Waals surface area contributed by atoms with Crippen LogP contribution in [0.25, 0.3) is 0 Å². The zero-order chi connectivity index (χ0) is 15.4. The van der Waals surface area contributed by atoms with Crippen LogP contribution in [0.3, 0.4) is 0 Å². The van der Waals surface area contributed by atoms with Gasteiger partial charge in [0.2, 0.25) is 5.91 Å². The van der Waals surface area contributed by atoms with E-state index in [1.165, 1.54) is 0 Å². The van der Waals surface area contributed by atoms with E-state index in [0.717, 1.165) is 4.90 Å². The highest BCUT2D eigenvalue weighted by Crippen LogP contribution is 2.52. The lowest BCUT2D eigenvalue weighted by Gasteiger charge is -2.21. The minimum Gasteiger partial charge on any atom is -0.387 e. The average molecular weight is 350 g/mol. The predicted molar refractivity (Wildman–Crippen MR) is 80.2 cm³/mol. The number of nitrogens with zero attached hydrogens (tertiary/aromatic N) is 1. The number of fused-ring (bicyclic) bond motifs is 2. The predicted octanol–water partition coefficient (Wildman–Crippen LogP) is 1.74. The monoisotopic (exact) mass is 348 g/mol. The van der Waals surface area contributed by atoms with Crippen molar-refractivity contribution in [3.63, 3.8) is 0 Å². The number of carbonyl (C=O) groups excluding carboxylic acids is 2. The number of hydrogen-bond acceptors (Lipinski definition) is 4.